The summed E-state index contributed by atoms with van der Waals surface area (Å²) in [5, 5.41) is 31.1. The lowest BCUT2D eigenvalue weighted by Gasteiger charge is -2.26. The maximum Gasteiger partial charge on any atom is 0.291 e. The number of carbonyl (C=O) groups is 11. The van der Waals surface area contributed by atoms with Gasteiger partial charge < -0.3 is 41.5 Å². The molecule has 0 spiro atoms. The summed E-state index contributed by atoms with van der Waals surface area (Å²) in [6.45, 7) is 3.08. The van der Waals surface area contributed by atoms with Crippen molar-refractivity contribution >= 4 is 222 Å². The summed E-state index contributed by atoms with van der Waals surface area (Å²) in [6.07, 6.45) is 10.7. The van der Waals surface area contributed by atoms with Gasteiger partial charge in [-0.3, -0.25) is 103 Å². The molecule has 0 saturated carbocycles. The number of carbonyl (C=O) groups excluding carboxylic acids is 11. The van der Waals surface area contributed by atoms with Crippen LogP contribution in [0.1, 0.15) is 110 Å². The van der Waals surface area contributed by atoms with Crippen molar-refractivity contribution < 1.29 is 67.5 Å². The van der Waals surface area contributed by atoms with E-state index < -0.39 is 47.3 Å². The Hall–Kier alpha value is -15.9. The van der Waals surface area contributed by atoms with E-state index in [0.717, 1.165) is 13.0 Å². The molecule has 18 rings (SSSR count). The first-order chi connectivity index (χ1) is 71.9. The van der Waals surface area contributed by atoms with Gasteiger partial charge in [-0.2, -0.15) is 0 Å². The highest BCUT2D eigenvalue weighted by Gasteiger charge is 2.28. The fourth-order valence-electron chi connectivity index (χ4n) is 14.4. The van der Waals surface area contributed by atoms with Gasteiger partial charge in [0.2, 0.25) is 5.91 Å². The number of benzene rings is 10. The van der Waals surface area contributed by atoms with Crippen molar-refractivity contribution in [3.8, 4) is 56.3 Å². The molecule has 3 aliphatic heterocycles. The second kappa shape index (κ2) is 52.4. The van der Waals surface area contributed by atoms with E-state index in [4.69, 9.17) is 126 Å². The molecule has 0 unspecified atom stereocenters. The van der Waals surface area contributed by atoms with Gasteiger partial charge in [0.15, 0.2) is 0 Å². The summed E-state index contributed by atoms with van der Waals surface area (Å²) in [5.41, 5.74) is 15.7. The van der Waals surface area contributed by atoms with E-state index in [1.54, 1.807) is 157 Å². The van der Waals surface area contributed by atoms with E-state index in [0.29, 0.717) is 154 Å². The lowest BCUT2D eigenvalue weighted by atomic mass is 10.1. The van der Waals surface area contributed by atoms with Gasteiger partial charge in [-0.05, 0) is 249 Å². The Morgan fingerprint density at radius 2 is 0.658 bits per heavy atom. The number of amides is 11. The Kier molecular flexibility index (Phi) is 38.3. The second-order valence-electron chi connectivity index (χ2n) is 31.8. The van der Waals surface area contributed by atoms with Crippen molar-refractivity contribution in [2.45, 2.75) is 6.42 Å². The molecular formula is C107H80Cl10N18O14. The highest BCUT2D eigenvalue weighted by molar-refractivity contribution is 6.39. The topological polar surface area (TPSA) is 430 Å². The third-order valence-corrected chi connectivity index (χ3v) is 25.0. The molecule has 42 heteroatoms. The van der Waals surface area contributed by atoms with Crippen molar-refractivity contribution in [3.05, 3.63) is 410 Å². The van der Waals surface area contributed by atoms with Gasteiger partial charge in [-0.15, -0.1) is 0 Å². The number of halogens is 10. The van der Waals surface area contributed by atoms with Gasteiger partial charge in [0.05, 0.1) is 133 Å². The van der Waals surface area contributed by atoms with Crippen LogP contribution in [-0.4, -0.2) is 170 Å². The minimum absolute atomic E-state index is 0.00609. The number of amidine groups is 1. The van der Waals surface area contributed by atoms with Gasteiger partial charge in [0.1, 0.15) is 6.61 Å². The minimum Gasteiger partial charge on any atom is -0.463 e. The molecule has 8 heterocycles. The number of hydroxylamine groups is 2. The molecule has 0 radical (unpaired) electrons. The monoisotopic (exact) mass is 2190 g/mol. The quantitative estimate of drug-likeness (QED) is 0.0236. The third-order valence-electron chi connectivity index (χ3n) is 21.8. The predicted octanol–water partition coefficient (Wildman–Crippen LogP) is 22.5. The van der Waals surface area contributed by atoms with Crippen LogP contribution < -0.4 is 48.2 Å². The van der Waals surface area contributed by atoms with Crippen LogP contribution >= 0.6 is 116 Å². The van der Waals surface area contributed by atoms with Crippen LogP contribution in [-0.2, 0) is 14.4 Å². The van der Waals surface area contributed by atoms with E-state index in [1.807, 2.05) is 78.9 Å². The molecule has 11 amide bonds. The Balaban J connectivity index is 0.000000147. The average Bonchev–Trinajstić information content (AvgIpc) is 1.19. The number of nitrogens with one attached hydrogen (secondary N) is 9. The molecule has 15 aromatic rings. The van der Waals surface area contributed by atoms with Gasteiger partial charge in [0, 0.05) is 141 Å². The highest BCUT2D eigenvalue weighted by Crippen LogP contribution is 2.38. The number of pyridine rings is 5. The molecule has 0 aliphatic carbocycles. The number of hydrogen-bond acceptors (Lipinski definition) is 21. The van der Waals surface area contributed by atoms with Crippen LogP contribution in [0.4, 0.5) is 28.4 Å². The smallest absolute Gasteiger partial charge is 0.291 e. The fourth-order valence-corrected chi connectivity index (χ4v) is 16.8. The SMILES string of the molecule is CONC(=O)c1ccc(C(=O)Nc2ccc(Cl)c(-c3ccccn3)c2)c(Cl)c1.O=C(NC1=NCCO1)c1ccc(C(=O)Nc2ccc(Cl)c(-c3ccccn3)c2)c(Cl)c1.O=C(NO)c1ccc(C(=O)Nc2ccc(Cl)c(-c3ccccn3)c2)c(Cl)c1.O=C(Nc1ccc(Cl)c(-c2ccccn2)c1)c1ccc(C(=O)N2C=NCCC2)cc1Cl.O=C1CN(C(=O)c2ccc(C(=O)Nc3ccc(Cl)c(-c4ccccn4)c3)c(Cl)c2)CCN1. The van der Waals surface area contributed by atoms with Crippen molar-refractivity contribution in [3.63, 3.8) is 0 Å². The van der Waals surface area contributed by atoms with Crippen LogP contribution in [0, 0.1) is 0 Å². The summed E-state index contributed by atoms with van der Waals surface area (Å²) in [5.74, 6) is -4.44. The zero-order valence-corrected chi connectivity index (χ0v) is 85.2. The molecule has 1 fully saturated rings. The molecule has 3 aliphatic rings. The standard InChI is InChI=1S/C23H18Cl2N4O3.C23H18Cl2N4O2.C22H16Cl2N4O3.C20H15Cl2N3O3.C19H13Cl2N3O3/c24-18-7-5-15(12-17(18)20-3-1-2-8-26-20)28-22(31)16-6-4-14(11-19(16)25)23(32)29-10-9-27-21(30)13-29;24-19-8-6-16(13-18(19)21-4-1-2-10-27-21)28-22(30)17-7-5-15(12-20(17)25)23(31)29-11-3-9-26-14-29;23-17-7-5-14(12-16(17)19-3-1-2-8-25-19)27-21(30)15-6-4-13(11-18(15)24)20(29)28-22-26-9-10-31-22;1-28-25-19(26)12-5-7-14(17(22)10-12)20(27)24-13-6-8-16(21)15(11-13)18-4-2-3-9-23-18;20-15-7-5-12(10-14(15)17-3-1-2-8-22-17)23-19(26)13-6-4-11(9-16(13)21)18(25)24-27/h1-8,11-12H,9-10,13H2,(H,27,30)(H,28,31);1-2,4-8,10,12-14H,3,9,11H2,(H,28,30);1-8,11-12H,9-10H2,(H,27,30)(H,26,28,29);2-11H,1H3,(H,24,27)(H,25,26);1-10,27H,(H,23,26)(H,24,25). The van der Waals surface area contributed by atoms with E-state index >= 15 is 0 Å². The minimum atomic E-state index is -0.721. The van der Waals surface area contributed by atoms with Crippen molar-refractivity contribution in [2.75, 3.05) is 79.6 Å². The molecule has 149 heavy (non-hydrogen) atoms. The van der Waals surface area contributed by atoms with Gasteiger partial charge in [0.25, 0.3) is 65.1 Å². The fraction of sp³-hybridized carbons (Fsp3) is 0.0841. The molecule has 0 atom stereocenters. The van der Waals surface area contributed by atoms with E-state index in [2.05, 4.69) is 82.4 Å². The molecule has 10 N–H and O–H groups in total. The number of piperazine rings is 1. The van der Waals surface area contributed by atoms with Crippen LogP contribution in [0.15, 0.2) is 314 Å². The summed E-state index contributed by atoms with van der Waals surface area (Å²) >= 11 is 62.6. The van der Waals surface area contributed by atoms with E-state index in [9.17, 15) is 52.7 Å². The zero-order chi connectivity index (χ0) is 106. The average molecular weight is 2200 g/mol. The summed E-state index contributed by atoms with van der Waals surface area (Å²) < 4.78 is 5.16. The second-order valence-corrected chi connectivity index (χ2v) is 35.9. The normalized spacial score (nSPS) is 12.1. The molecular weight excluding hydrogens is 2120 g/mol. The number of rotatable bonds is 21. The summed E-state index contributed by atoms with van der Waals surface area (Å²) in [4.78, 5) is 173. The number of ether oxygens (including phenoxy) is 1. The Bertz CT molecular complexity index is 7650. The Morgan fingerprint density at radius 3 is 0.940 bits per heavy atom. The Labute approximate surface area is 900 Å². The van der Waals surface area contributed by atoms with E-state index in [1.165, 1.54) is 96.4 Å². The lowest BCUT2D eigenvalue weighted by Crippen LogP contribution is -2.49. The Morgan fingerprint density at radius 1 is 0.342 bits per heavy atom. The maximum atomic E-state index is 12.8. The molecule has 752 valence electrons. The lowest BCUT2D eigenvalue weighted by molar-refractivity contribution is -0.123. The number of aliphatic imine (C=N–C) groups is 2. The highest BCUT2D eigenvalue weighted by atomic mass is 35.5. The van der Waals surface area contributed by atoms with Gasteiger partial charge >= 0.3 is 0 Å². The van der Waals surface area contributed by atoms with Crippen LogP contribution in [0.5, 0.6) is 0 Å². The maximum absolute atomic E-state index is 12.8. The first-order valence-corrected chi connectivity index (χ1v) is 48.5. The molecule has 1 saturated heterocycles. The first kappa shape index (κ1) is 109. The molecule has 10 aromatic carbocycles. The number of nitrogens with zero attached hydrogens (tertiary/aromatic N) is 9. The van der Waals surface area contributed by atoms with E-state index in [-0.39, 0.29) is 99.9 Å². The predicted molar refractivity (Wildman–Crippen MR) is 578 cm³/mol. The largest absolute Gasteiger partial charge is 0.463 e. The molecule has 32 nitrogen and oxygen atoms in total. The van der Waals surface area contributed by atoms with Crippen molar-refractivity contribution in [1.82, 2.24) is 56.3 Å². The number of hydrogen-bond donors (Lipinski definition) is 10. The molecule has 5 aromatic heterocycles. The molecule has 0 bridgehead atoms. The van der Waals surface area contributed by atoms with Crippen LogP contribution in [0.3, 0.4) is 0 Å². The number of anilines is 5. The number of aromatic nitrogens is 5. The van der Waals surface area contributed by atoms with Gasteiger partial charge in [-0.1, -0.05) is 146 Å². The first-order valence-electron chi connectivity index (χ1n) is 44.7. The van der Waals surface area contributed by atoms with Crippen LogP contribution in [0.25, 0.3) is 56.3 Å². The third kappa shape index (κ3) is 29.3. The summed E-state index contributed by atoms with van der Waals surface area (Å²) in [7, 11) is 1.33. The summed E-state index contributed by atoms with van der Waals surface area (Å²) in [6, 6.07) is 75.0. The van der Waals surface area contributed by atoms with Crippen molar-refractivity contribution in [2.24, 2.45) is 9.98 Å². The zero-order valence-electron chi connectivity index (χ0n) is 77.7. The van der Waals surface area contributed by atoms with Crippen molar-refractivity contribution in [1.29, 1.82) is 0 Å². The van der Waals surface area contributed by atoms with Crippen LogP contribution in [0.2, 0.25) is 50.2 Å². The van der Waals surface area contributed by atoms with Gasteiger partial charge in [-0.25, -0.2) is 16.0 Å².